The van der Waals surface area contributed by atoms with Crippen molar-refractivity contribution in [3.05, 3.63) is 76.2 Å². The van der Waals surface area contributed by atoms with Crippen LogP contribution in [0.25, 0.3) is 10.8 Å². The summed E-state index contributed by atoms with van der Waals surface area (Å²) in [6, 6.07) is 15.4. The van der Waals surface area contributed by atoms with Gasteiger partial charge in [0.15, 0.2) is 0 Å². The zero-order valence-electron chi connectivity index (χ0n) is 19.6. The van der Waals surface area contributed by atoms with Crippen LogP contribution in [-0.4, -0.2) is 37.3 Å². The molecule has 174 valence electrons. The molecule has 0 spiro atoms. The van der Waals surface area contributed by atoms with Crippen LogP contribution >= 0.6 is 0 Å². The smallest absolute Gasteiger partial charge is 0.258 e. The fraction of sp³-hybridized carbons (Fsp3) is 0.407. The number of pyridine rings is 1. The molecule has 1 amide bonds. The van der Waals surface area contributed by atoms with Crippen LogP contribution in [0.5, 0.6) is 5.75 Å². The van der Waals surface area contributed by atoms with E-state index in [0.717, 1.165) is 18.6 Å². The van der Waals surface area contributed by atoms with E-state index in [4.69, 9.17) is 9.47 Å². The average Bonchev–Trinajstić information content (AvgIpc) is 2.84. The summed E-state index contributed by atoms with van der Waals surface area (Å²) in [4.78, 5) is 26.4. The second-order valence-electron chi connectivity index (χ2n) is 9.24. The molecular weight excluding hydrogens is 416 g/mol. The van der Waals surface area contributed by atoms with E-state index >= 15 is 0 Å². The first kappa shape index (κ1) is 23.1. The topological polar surface area (TPSA) is 69.6 Å². The Morgan fingerprint density at radius 2 is 1.76 bits per heavy atom. The van der Waals surface area contributed by atoms with Crippen molar-refractivity contribution >= 4 is 16.7 Å². The van der Waals surface area contributed by atoms with Crippen molar-refractivity contribution in [3.63, 3.8) is 0 Å². The number of amides is 1. The normalized spacial score (nSPS) is 15.5. The van der Waals surface area contributed by atoms with Crippen LogP contribution in [0, 0.1) is 5.92 Å². The first-order valence-corrected chi connectivity index (χ1v) is 11.6. The number of fused-ring (bicyclic) bond motifs is 1. The summed E-state index contributed by atoms with van der Waals surface area (Å²) in [7, 11) is 1.66. The maximum Gasteiger partial charge on any atom is 0.258 e. The second kappa shape index (κ2) is 9.79. The van der Waals surface area contributed by atoms with Crippen LogP contribution in [0.3, 0.4) is 0 Å². The summed E-state index contributed by atoms with van der Waals surface area (Å²) in [6.45, 7) is 6.50. The van der Waals surface area contributed by atoms with Crippen molar-refractivity contribution in [2.75, 3.05) is 26.9 Å². The molecule has 33 heavy (non-hydrogen) atoms. The minimum Gasteiger partial charge on any atom is -0.497 e. The monoisotopic (exact) mass is 448 g/mol. The minimum atomic E-state index is -0.206. The second-order valence-corrected chi connectivity index (χ2v) is 9.24. The van der Waals surface area contributed by atoms with Gasteiger partial charge < -0.3 is 19.4 Å². The van der Waals surface area contributed by atoms with Crippen molar-refractivity contribution < 1.29 is 14.3 Å². The van der Waals surface area contributed by atoms with Gasteiger partial charge in [0.05, 0.1) is 12.7 Å². The molecule has 2 aromatic carbocycles. The van der Waals surface area contributed by atoms with Gasteiger partial charge in [-0.15, -0.1) is 0 Å². The SMILES string of the molecule is COc1ccc(C2(CNC(=O)c3cn(CC(C)C)c(=O)c4ccccc34)CCOCC2)cc1. The molecule has 0 bridgehead atoms. The summed E-state index contributed by atoms with van der Waals surface area (Å²) in [5.74, 6) is 0.937. The molecule has 1 fully saturated rings. The highest BCUT2D eigenvalue weighted by Crippen LogP contribution is 2.35. The Morgan fingerprint density at radius 3 is 2.39 bits per heavy atom. The van der Waals surface area contributed by atoms with Crippen molar-refractivity contribution in [2.45, 2.75) is 38.6 Å². The van der Waals surface area contributed by atoms with Gasteiger partial charge >= 0.3 is 0 Å². The first-order valence-electron chi connectivity index (χ1n) is 11.6. The molecule has 4 rings (SSSR count). The standard InChI is InChI=1S/C27H32N2O4/c1-19(2)16-29-17-24(22-6-4-5-7-23(22)26(29)31)25(30)28-18-27(12-14-33-15-13-27)20-8-10-21(32-3)11-9-20/h4-11,17,19H,12-16,18H2,1-3H3,(H,28,30). The van der Waals surface area contributed by atoms with E-state index in [1.54, 1.807) is 23.9 Å². The van der Waals surface area contributed by atoms with Crippen LogP contribution < -0.4 is 15.6 Å². The third-order valence-electron chi connectivity index (χ3n) is 6.54. The van der Waals surface area contributed by atoms with Crippen molar-refractivity contribution in [2.24, 2.45) is 5.92 Å². The molecule has 0 saturated carbocycles. The number of hydrogen-bond acceptors (Lipinski definition) is 4. The molecule has 0 aliphatic carbocycles. The Kier molecular flexibility index (Phi) is 6.84. The lowest BCUT2D eigenvalue weighted by Gasteiger charge is -2.38. The van der Waals surface area contributed by atoms with Crippen LogP contribution in [-0.2, 0) is 16.7 Å². The van der Waals surface area contributed by atoms with Gasteiger partial charge in [0.2, 0.25) is 0 Å². The van der Waals surface area contributed by atoms with E-state index in [1.807, 2.05) is 30.3 Å². The van der Waals surface area contributed by atoms with Gasteiger partial charge in [-0.3, -0.25) is 9.59 Å². The van der Waals surface area contributed by atoms with Crippen molar-refractivity contribution in [3.8, 4) is 5.75 Å². The zero-order chi connectivity index (χ0) is 23.4. The summed E-state index contributed by atoms with van der Waals surface area (Å²) in [6.07, 6.45) is 3.37. The molecule has 6 nitrogen and oxygen atoms in total. The van der Waals surface area contributed by atoms with E-state index in [9.17, 15) is 9.59 Å². The molecule has 1 N–H and O–H groups in total. The number of carbonyl (C=O) groups excluding carboxylic acids is 1. The number of ether oxygens (including phenoxy) is 2. The van der Waals surface area contributed by atoms with E-state index in [0.29, 0.717) is 48.6 Å². The summed E-state index contributed by atoms with van der Waals surface area (Å²) >= 11 is 0. The molecule has 0 radical (unpaired) electrons. The molecule has 1 aliphatic rings. The van der Waals surface area contributed by atoms with Crippen LogP contribution in [0.4, 0.5) is 0 Å². The first-order chi connectivity index (χ1) is 15.9. The summed E-state index contributed by atoms with van der Waals surface area (Å²) in [5.41, 5.74) is 1.43. The third kappa shape index (κ3) is 4.81. The van der Waals surface area contributed by atoms with Crippen LogP contribution in [0.2, 0.25) is 0 Å². The Morgan fingerprint density at radius 1 is 1.09 bits per heavy atom. The van der Waals surface area contributed by atoms with Crippen LogP contribution in [0.1, 0.15) is 42.6 Å². The largest absolute Gasteiger partial charge is 0.497 e. The van der Waals surface area contributed by atoms with Gasteiger partial charge in [-0.1, -0.05) is 44.2 Å². The lowest BCUT2D eigenvalue weighted by molar-refractivity contribution is 0.0487. The molecule has 3 aromatic rings. The molecule has 0 atom stereocenters. The number of nitrogens with zero attached hydrogens (tertiary/aromatic N) is 1. The summed E-state index contributed by atoms with van der Waals surface area (Å²) < 4.78 is 12.6. The van der Waals surface area contributed by atoms with Gasteiger partial charge in [0.25, 0.3) is 11.5 Å². The third-order valence-corrected chi connectivity index (χ3v) is 6.54. The van der Waals surface area contributed by atoms with Gasteiger partial charge in [-0.25, -0.2) is 0 Å². The molecule has 0 unspecified atom stereocenters. The average molecular weight is 449 g/mol. The predicted molar refractivity (Wildman–Crippen MR) is 130 cm³/mol. The van der Waals surface area contributed by atoms with E-state index in [2.05, 4.69) is 31.3 Å². The Hall–Kier alpha value is -3.12. The molecular formula is C27H32N2O4. The van der Waals surface area contributed by atoms with E-state index in [-0.39, 0.29) is 16.9 Å². The van der Waals surface area contributed by atoms with Gasteiger partial charge in [-0.2, -0.15) is 0 Å². The van der Waals surface area contributed by atoms with Gasteiger partial charge in [0.1, 0.15) is 5.75 Å². The molecule has 1 aromatic heterocycles. The number of hydrogen-bond donors (Lipinski definition) is 1. The van der Waals surface area contributed by atoms with Gasteiger partial charge in [-0.05, 0) is 42.5 Å². The Labute approximate surface area is 194 Å². The van der Waals surface area contributed by atoms with Crippen LogP contribution in [0.15, 0.2) is 59.5 Å². The van der Waals surface area contributed by atoms with E-state index in [1.165, 1.54) is 5.56 Å². The fourth-order valence-electron chi connectivity index (χ4n) is 4.67. The minimum absolute atomic E-state index is 0.0602. The highest BCUT2D eigenvalue weighted by atomic mass is 16.5. The maximum absolute atomic E-state index is 13.4. The number of nitrogens with one attached hydrogen (secondary N) is 1. The number of aromatic nitrogens is 1. The number of carbonyl (C=O) groups is 1. The highest BCUT2D eigenvalue weighted by Gasteiger charge is 2.35. The molecule has 1 aliphatic heterocycles. The van der Waals surface area contributed by atoms with Crippen molar-refractivity contribution in [1.29, 1.82) is 0 Å². The number of benzene rings is 2. The quantitative estimate of drug-likeness (QED) is 0.590. The molecule has 6 heteroatoms. The zero-order valence-corrected chi connectivity index (χ0v) is 19.6. The Bertz CT molecular complexity index is 1170. The highest BCUT2D eigenvalue weighted by molar-refractivity contribution is 6.06. The lowest BCUT2D eigenvalue weighted by Crippen LogP contribution is -2.44. The van der Waals surface area contributed by atoms with E-state index < -0.39 is 0 Å². The molecule has 1 saturated heterocycles. The summed E-state index contributed by atoms with van der Waals surface area (Å²) in [5, 5.41) is 4.44. The lowest BCUT2D eigenvalue weighted by atomic mass is 9.74. The Balaban J connectivity index is 1.65. The maximum atomic E-state index is 13.4. The van der Waals surface area contributed by atoms with Crippen molar-refractivity contribution in [1.82, 2.24) is 9.88 Å². The predicted octanol–water partition coefficient (Wildman–Crippen LogP) is 4.14. The van der Waals surface area contributed by atoms with Gasteiger partial charge in [0, 0.05) is 48.7 Å². The number of methoxy groups -OCH3 is 1. The number of rotatable bonds is 7. The fourth-order valence-corrected chi connectivity index (χ4v) is 4.67. The molecule has 2 heterocycles.